The van der Waals surface area contributed by atoms with Gasteiger partial charge in [-0.2, -0.15) is 5.10 Å². The highest BCUT2D eigenvalue weighted by atomic mass is 16.1. The number of amides is 1. The molecule has 0 saturated heterocycles. The first-order valence-corrected chi connectivity index (χ1v) is 8.65. The Balaban J connectivity index is 1.65. The number of hydrogen-bond acceptors (Lipinski definition) is 3. The van der Waals surface area contributed by atoms with Crippen molar-refractivity contribution in [3.05, 3.63) is 17.0 Å². The van der Waals surface area contributed by atoms with Crippen LogP contribution in [0.3, 0.4) is 0 Å². The van der Waals surface area contributed by atoms with Gasteiger partial charge in [0.1, 0.15) is 0 Å². The molecule has 0 spiro atoms. The minimum atomic E-state index is -0.0174. The lowest BCUT2D eigenvalue weighted by Crippen LogP contribution is -2.37. The number of nitrogens with one attached hydrogen (secondary N) is 3. The topological polar surface area (TPSA) is 69.8 Å². The predicted octanol–water partition coefficient (Wildman–Crippen LogP) is 2.39. The largest absolute Gasteiger partial charge is 0.350 e. The van der Waals surface area contributed by atoms with Crippen LogP contribution in [0.4, 0.5) is 0 Å². The van der Waals surface area contributed by atoms with Gasteiger partial charge in [0, 0.05) is 37.3 Å². The van der Waals surface area contributed by atoms with Gasteiger partial charge in [-0.25, -0.2) is 0 Å². The highest BCUT2D eigenvalue weighted by molar-refractivity contribution is 5.94. The van der Waals surface area contributed by atoms with Crippen LogP contribution in [0, 0.1) is 11.3 Å². The van der Waals surface area contributed by atoms with Crippen molar-refractivity contribution >= 4 is 5.91 Å². The Hall–Kier alpha value is -1.36. The number of aromatic nitrogens is 2. The molecule has 0 radical (unpaired) electrons. The SMILES string of the molecule is CC(C)CC1(CNC(=O)c2n[nH]c3c2CNCC3)CCCC1. The summed E-state index contributed by atoms with van der Waals surface area (Å²) in [6.45, 7) is 7.04. The number of aromatic amines is 1. The summed E-state index contributed by atoms with van der Waals surface area (Å²) in [6, 6.07) is 0. The van der Waals surface area contributed by atoms with Gasteiger partial charge in [0.25, 0.3) is 5.91 Å². The lowest BCUT2D eigenvalue weighted by atomic mass is 9.78. The van der Waals surface area contributed by atoms with Gasteiger partial charge in [0.2, 0.25) is 0 Å². The summed E-state index contributed by atoms with van der Waals surface area (Å²) in [5.74, 6) is 0.661. The summed E-state index contributed by atoms with van der Waals surface area (Å²) in [5.41, 5.74) is 3.05. The molecule has 5 nitrogen and oxygen atoms in total. The van der Waals surface area contributed by atoms with Crippen LogP contribution in [0.1, 0.15) is 67.7 Å². The van der Waals surface area contributed by atoms with Crippen LogP contribution in [0.15, 0.2) is 0 Å². The molecule has 22 heavy (non-hydrogen) atoms. The maximum absolute atomic E-state index is 12.5. The van der Waals surface area contributed by atoms with Gasteiger partial charge in [0.15, 0.2) is 5.69 Å². The molecular formula is C17H28N4O. The van der Waals surface area contributed by atoms with Crippen LogP contribution >= 0.6 is 0 Å². The standard InChI is InChI=1S/C17H28N4O/c1-12(2)9-17(6-3-4-7-17)11-19-16(22)15-13-10-18-8-5-14(13)20-21-15/h12,18H,3-11H2,1-2H3,(H,19,22)(H,20,21). The summed E-state index contributed by atoms with van der Waals surface area (Å²) in [6.07, 6.45) is 7.20. The van der Waals surface area contributed by atoms with Crippen LogP contribution < -0.4 is 10.6 Å². The molecule has 1 aromatic rings. The lowest BCUT2D eigenvalue weighted by molar-refractivity contribution is 0.0915. The molecule has 0 aromatic carbocycles. The molecule has 1 saturated carbocycles. The van der Waals surface area contributed by atoms with E-state index in [0.717, 1.165) is 37.3 Å². The quantitative estimate of drug-likeness (QED) is 0.782. The fourth-order valence-electron chi connectivity index (χ4n) is 4.21. The van der Waals surface area contributed by atoms with E-state index in [1.54, 1.807) is 0 Å². The summed E-state index contributed by atoms with van der Waals surface area (Å²) in [4.78, 5) is 12.5. The number of fused-ring (bicyclic) bond motifs is 1. The number of carbonyl (C=O) groups excluding carboxylic acids is 1. The fraction of sp³-hybridized carbons (Fsp3) is 0.765. The minimum Gasteiger partial charge on any atom is -0.350 e. The summed E-state index contributed by atoms with van der Waals surface area (Å²) in [7, 11) is 0. The molecule has 1 fully saturated rings. The monoisotopic (exact) mass is 304 g/mol. The number of rotatable bonds is 5. The molecular weight excluding hydrogens is 276 g/mol. The van der Waals surface area contributed by atoms with E-state index in [1.807, 2.05) is 0 Å². The third-order valence-electron chi connectivity index (χ3n) is 5.15. The molecule has 3 N–H and O–H groups in total. The van der Waals surface area contributed by atoms with Crippen molar-refractivity contribution in [1.29, 1.82) is 0 Å². The second-order valence-electron chi connectivity index (χ2n) is 7.44. The molecule has 1 aromatic heterocycles. The molecule has 1 aliphatic heterocycles. The van der Waals surface area contributed by atoms with Gasteiger partial charge in [-0.3, -0.25) is 9.89 Å². The van der Waals surface area contributed by atoms with Crippen LogP contribution in [0.2, 0.25) is 0 Å². The second kappa shape index (κ2) is 6.41. The first-order chi connectivity index (χ1) is 10.6. The van der Waals surface area contributed by atoms with Crippen LogP contribution in [-0.4, -0.2) is 29.2 Å². The van der Waals surface area contributed by atoms with Crippen molar-refractivity contribution in [2.24, 2.45) is 11.3 Å². The molecule has 2 heterocycles. The Morgan fingerprint density at radius 3 is 2.86 bits per heavy atom. The van der Waals surface area contributed by atoms with Gasteiger partial charge in [0.05, 0.1) is 0 Å². The molecule has 3 rings (SSSR count). The zero-order chi connectivity index (χ0) is 15.6. The normalized spacial score (nSPS) is 20.1. The van der Waals surface area contributed by atoms with E-state index in [0.29, 0.717) is 17.0 Å². The minimum absolute atomic E-state index is 0.0174. The molecule has 2 aliphatic rings. The zero-order valence-corrected chi connectivity index (χ0v) is 13.8. The number of H-pyrrole nitrogens is 1. The molecule has 1 amide bonds. The molecule has 5 heteroatoms. The van der Waals surface area contributed by atoms with Crippen molar-refractivity contribution < 1.29 is 4.79 Å². The molecule has 0 unspecified atom stereocenters. The second-order valence-corrected chi connectivity index (χ2v) is 7.44. The van der Waals surface area contributed by atoms with E-state index in [2.05, 4.69) is 34.7 Å². The Labute approximate surface area is 132 Å². The Kier molecular flexibility index (Phi) is 4.52. The van der Waals surface area contributed by atoms with E-state index >= 15 is 0 Å². The van der Waals surface area contributed by atoms with Crippen molar-refractivity contribution in [3.8, 4) is 0 Å². The average molecular weight is 304 g/mol. The zero-order valence-electron chi connectivity index (χ0n) is 13.8. The first kappa shape index (κ1) is 15.5. The van der Waals surface area contributed by atoms with Crippen LogP contribution in [0.25, 0.3) is 0 Å². The maximum Gasteiger partial charge on any atom is 0.272 e. The van der Waals surface area contributed by atoms with E-state index in [-0.39, 0.29) is 5.91 Å². The van der Waals surface area contributed by atoms with Gasteiger partial charge in [-0.15, -0.1) is 0 Å². The maximum atomic E-state index is 12.5. The first-order valence-electron chi connectivity index (χ1n) is 8.65. The van der Waals surface area contributed by atoms with Gasteiger partial charge in [-0.05, 0) is 30.6 Å². The number of carbonyl (C=O) groups is 1. The Bertz CT molecular complexity index is 529. The molecule has 122 valence electrons. The van der Waals surface area contributed by atoms with E-state index in [9.17, 15) is 4.79 Å². The van der Waals surface area contributed by atoms with Crippen molar-refractivity contribution in [1.82, 2.24) is 20.8 Å². The van der Waals surface area contributed by atoms with E-state index in [1.165, 1.54) is 32.1 Å². The van der Waals surface area contributed by atoms with E-state index in [4.69, 9.17) is 0 Å². The van der Waals surface area contributed by atoms with Gasteiger partial charge < -0.3 is 10.6 Å². The summed E-state index contributed by atoms with van der Waals surface area (Å²) >= 11 is 0. The lowest BCUT2D eigenvalue weighted by Gasteiger charge is -2.31. The molecule has 0 atom stereocenters. The number of nitrogens with zero attached hydrogens (tertiary/aromatic N) is 1. The van der Waals surface area contributed by atoms with Crippen LogP contribution in [0.5, 0.6) is 0 Å². The fourth-order valence-corrected chi connectivity index (χ4v) is 4.21. The van der Waals surface area contributed by atoms with Crippen LogP contribution in [-0.2, 0) is 13.0 Å². The Morgan fingerprint density at radius 2 is 2.14 bits per heavy atom. The van der Waals surface area contributed by atoms with Crippen molar-refractivity contribution in [3.63, 3.8) is 0 Å². The van der Waals surface area contributed by atoms with Gasteiger partial charge >= 0.3 is 0 Å². The molecule has 1 aliphatic carbocycles. The Morgan fingerprint density at radius 1 is 1.36 bits per heavy atom. The van der Waals surface area contributed by atoms with E-state index < -0.39 is 0 Å². The summed E-state index contributed by atoms with van der Waals surface area (Å²) < 4.78 is 0. The number of hydrogen-bond donors (Lipinski definition) is 3. The van der Waals surface area contributed by atoms with Crippen molar-refractivity contribution in [2.75, 3.05) is 13.1 Å². The third kappa shape index (κ3) is 3.19. The average Bonchev–Trinajstić information content (AvgIpc) is 3.11. The third-order valence-corrected chi connectivity index (χ3v) is 5.15. The van der Waals surface area contributed by atoms with Gasteiger partial charge in [-0.1, -0.05) is 26.7 Å². The highest BCUT2D eigenvalue weighted by Gasteiger charge is 2.35. The molecule has 0 bridgehead atoms. The highest BCUT2D eigenvalue weighted by Crippen LogP contribution is 2.42. The van der Waals surface area contributed by atoms with Crippen molar-refractivity contribution in [2.45, 2.75) is 58.9 Å². The summed E-state index contributed by atoms with van der Waals surface area (Å²) in [5, 5.41) is 13.8. The predicted molar refractivity (Wildman–Crippen MR) is 86.7 cm³/mol. The smallest absolute Gasteiger partial charge is 0.272 e.